The molecule has 0 bridgehead atoms. The summed E-state index contributed by atoms with van der Waals surface area (Å²) in [6.45, 7) is 1.61. The van der Waals surface area contributed by atoms with E-state index in [1.165, 1.54) is 11.1 Å². The Hall–Kier alpha value is -1.22. The summed E-state index contributed by atoms with van der Waals surface area (Å²) in [4.78, 5) is 0. The number of benzene rings is 2. The van der Waals surface area contributed by atoms with Crippen molar-refractivity contribution in [1.29, 1.82) is 0 Å². The van der Waals surface area contributed by atoms with Crippen LogP contribution in [0.1, 0.15) is 11.1 Å². The number of hydrogen-bond acceptors (Lipinski definition) is 2. The highest BCUT2D eigenvalue weighted by molar-refractivity contribution is 6.42. The van der Waals surface area contributed by atoms with E-state index in [9.17, 15) is 0 Å². The minimum Gasteiger partial charge on any atom is -0.497 e. The molecule has 0 aliphatic carbocycles. The highest BCUT2D eigenvalue weighted by Crippen LogP contribution is 2.30. The van der Waals surface area contributed by atoms with Crippen LogP contribution in [0.4, 0.5) is 0 Å². The Kier molecular flexibility index (Phi) is 5.47. The Bertz CT molecular complexity index is 672. The van der Waals surface area contributed by atoms with Crippen molar-refractivity contribution >= 4 is 23.2 Å². The number of halogens is 2. The molecule has 122 valence electrons. The van der Waals surface area contributed by atoms with Crippen molar-refractivity contribution in [3.8, 4) is 5.75 Å². The van der Waals surface area contributed by atoms with Crippen LogP contribution in [0.25, 0.3) is 0 Å². The van der Waals surface area contributed by atoms with E-state index in [-0.39, 0.29) is 0 Å². The Morgan fingerprint density at radius 3 is 2.30 bits per heavy atom. The maximum Gasteiger partial charge on any atom is 0.119 e. The zero-order chi connectivity index (χ0) is 16.2. The molecule has 0 amide bonds. The molecule has 2 aromatic rings. The monoisotopic (exact) mass is 350 g/mol. The number of hydrogen-bond donors (Lipinski definition) is 0. The summed E-state index contributed by atoms with van der Waals surface area (Å²) in [5.74, 6) is 1.91. The van der Waals surface area contributed by atoms with Crippen LogP contribution in [-0.2, 0) is 17.6 Å². The van der Waals surface area contributed by atoms with E-state index in [1.54, 1.807) is 7.11 Å². The predicted molar refractivity (Wildman–Crippen MR) is 94.7 cm³/mol. The lowest BCUT2D eigenvalue weighted by Crippen LogP contribution is -2.17. The van der Waals surface area contributed by atoms with Gasteiger partial charge < -0.3 is 9.47 Å². The highest BCUT2D eigenvalue weighted by Gasteiger charge is 2.28. The van der Waals surface area contributed by atoms with Crippen molar-refractivity contribution in [3.63, 3.8) is 0 Å². The van der Waals surface area contributed by atoms with Gasteiger partial charge in [0.15, 0.2) is 0 Å². The van der Waals surface area contributed by atoms with Gasteiger partial charge in [-0.1, -0.05) is 41.4 Å². The van der Waals surface area contributed by atoms with Crippen LogP contribution in [0.5, 0.6) is 5.75 Å². The molecule has 1 aliphatic rings. The second-order valence-corrected chi connectivity index (χ2v) is 6.88. The summed E-state index contributed by atoms with van der Waals surface area (Å²) in [5.41, 5.74) is 2.50. The van der Waals surface area contributed by atoms with Crippen molar-refractivity contribution in [2.75, 3.05) is 20.3 Å². The molecular weight excluding hydrogens is 331 g/mol. The van der Waals surface area contributed by atoms with Crippen molar-refractivity contribution in [2.24, 2.45) is 11.8 Å². The number of ether oxygens (including phenoxy) is 2. The van der Waals surface area contributed by atoms with Gasteiger partial charge in [0.1, 0.15) is 5.75 Å². The summed E-state index contributed by atoms with van der Waals surface area (Å²) in [6, 6.07) is 14.2. The van der Waals surface area contributed by atoms with Crippen molar-refractivity contribution in [3.05, 3.63) is 63.6 Å². The molecule has 23 heavy (non-hydrogen) atoms. The molecule has 0 unspecified atom stereocenters. The molecule has 0 radical (unpaired) electrons. The first kappa shape index (κ1) is 16.6. The molecule has 1 heterocycles. The Morgan fingerprint density at radius 1 is 0.957 bits per heavy atom. The molecule has 1 aliphatic heterocycles. The van der Waals surface area contributed by atoms with Gasteiger partial charge in [0.2, 0.25) is 0 Å². The van der Waals surface area contributed by atoms with Gasteiger partial charge in [0.05, 0.1) is 30.4 Å². The average molecular weight is 351 g/mol. The van der Waals surface area contributed by atoms with Crippen LogP contribution in [-0.4, -0.2) is 20.3 Å². The lowest BCUT2D eigenvalue weighted by molar-refractivity contribution is 0.180. The summed E-state index contributed by atoms with van der Waals surface area (Å²) < 4.78 is 11.0. The third-order valence-corrected chi connectivity index (χ3v) is 5.18. The lowest BCUT2D eigenvalue weighted by Gasteiger charge is -2.18. The van der Waals surface area contributed by atoms with Crippen LogP contribution in [0.2, 0.25) is 10.0 Å². The Labute approximate surface area is 147 Å². The molecule has 2 nitrogen and oxygen atoms in total. The van der Waals surface area contributed by atoms with E-state index in [4.69, 9.17) is 32.7 Å². The molecule has 4 heteroatoms. The highest BCUT2D eigenvalue weighted by atomic mass is 35.5. The summed E-state index contributed by atoms with van der Waals surface area (Å²) in [6.07, 6.45) is 1.97. The SMILES string of the molecule is COc1cccc(C[C@H]2COC[C@@H]2Cc2ccc(Cl)c(Cl)c2)c1. The zero-order valence-electron chi connectivity index (χ0n) is 13.1. The first-order valence-corrected chi connectivity index (χ1v) is 8.56. The molecule has 0 saturated carbocycles. The first-order chi connectivity index (χ1) is 11.2. The Morgan fingerprint density at radius 2 is 1.65 bits per heavy atom. The summed E-state index contributed by atoms with van der Waals surface area (Å²) in [5, 5.41) is 1.22. The molecule has 0 aromatic heterocycles. The average Bonchev–Trinajstić information content (AvgIpc) is 2.98. The lowest BCUT2D eigenvalue weighted by atomic mass is 9.85. The van der Waals surface area contributed by atoms with Crippen LogP contribution < -0.4 is 4.74 Å². The van der Waals surface area contributed by atoms with E-state index in [0.29, 0.717) is 21.9 Å². The van der Waals surface area contributed by atoms with Gasteiger partial charge in [0, 0.05) is 0 Å². The smallest absolute Gasteiger partial charge is 0.119 e. The molecule has 3 rings (SSSR count). The van der Waals surface area contributed by atoms with Gasteiger partial charge in [-0.25, -0.2) is 0 Å². The van der Waals surface area contributed by atoms with Crippen LogP contribution >= 0.6 is 23.2 Å². The maximum atomic E-state index is 6.12. The van der Waals surface area contributed by atoms with Crippen molar-refractivity contribution in [1.82, 2.24) is 0 Å². The third kappa shape index (κ3) is 4.20. The fraction of sp³-hybridized carbons (Fsp3) is 0.368. The summed E-state index contributed by atoms with van der Waals surface area (Å²) >= 11 is 12.1. The van der Waals surface area contributed by atoms with Gasteiger partial charge in [-0.3, -0.25) is 0 Å². The second kappa shape index (κ2) is 7.57. The second-order valence-electron chi connectivity index (χ2n) is 6.07. The minimum atomic E-state index is 0.499. The van der Waals surface area contributed by atoms with E-state index < -0.39 is 0 Å². The van der Waals surface area contributed by atoms with Gasteiger partial charge in [0.25, 0.3) is 0 Å². The standard InChI is InChI=1S/C19H20Cl2O2/c1-22-17-4-2-3-13(9-17)7-15-11-23-12-16(15)8-14-5-6-18(20)19(21)10-14/h2-6,9-10,15-16H,7-8,11-12H2,1H3/t15-,16-/m0/s1. The molecule has 1 fully saturated rings. The predicted octanol–water partition coefficient (Wildman–Crippen LogP) is 5.05. The van der Waals surface area contributed by atoms with E-state index >= 15 is 0 Å². The van der Waals surface area contributed by atoms with E-state index in [0.717, 1.165) is 31.8 Å². The van der Waals surface area contributed by atoms with Crippen LogP contribution in [0, 0.1) is 11.8 Å². The number of rotatable bonds is 5. The maximum absolute atomic E-state index is 6.12. The van der Waals surface area contributed by atoms with Gasteiger partial charge in [-0.15, -0.1) is 0 Å². The van der Waals surface area contributed by atoms with E-state index in [1.807, 2.05) is 24.3 Å². The molecule has 2 atom stereocenters. The van der Waals surface area contributed by atoms with Gasteiger partial charge in [-0.05, 0) is 60.1 Å². The quantitative estimate of drug-likeness (QED) is 0.751. The van der Waals surface area contributed by atoms with Gasteiger partial charge >= 0.3 is 0 Å². The molecule has 2 aromatic carbocycles. The normalized spacial score (nSPS) is 20.7. The molecular formula is C19H20Cl2O2. The van der Waals surface area contributed by atoms with Crippen LogP contribution in [0.3, 0.4) is 0 Å². The fourth-order valence-electron chi connectivity index (χ4n) is 3.17. The third-order valence-electron chi connectivity index (χ3n) is 4.44. The topological polar surface area (TPSA) is 18.5 Å². The molecule has 0 spiro atoms. The minimum absolute atomic E-state index is 0.499. The van der Waals surface area contributed by atoms with E-state index in [2.05, 4.69) is 18.2 Å². The first-order valence-electron chi connectivity index (χ1n) is 7.80. The van der Waals surface area contributed by atoms with Crippen molar-refractivity contribution in [2.45, 2.75) is 12.8 Å². The molecule has 0 N–H and O–H groups in total. The summed E-state index contributed by atoms with van der Waals surface area (Å²) in [7, 11) is 1.70. The fourth-order valence-corrected chi connectivity index (χ4v) is 3.49. The Balaban J connectivity index is 1.68. The van der Waals surface area contributed by atoms with Crippen molar-refractivity contribution < 1.29 is 9.47 Å². The number of methoxy groups -OCH3 is 1. The molecule has 1 saturated heterocycles. The van der Waals surface area contributed by atoms with Gasteiger partial charge in [-0.2, -0.15) is 0 Å². The van der Waals surface area contributed by atoms with Crippen LogP contribution in [0.15, 0.2) is 42.5 Å². The largest absolute Gasteiger partial charge is 0.497 e. The zero-order valence-corrected chi connectivity index (χ0v) is 14.6.